The monoisotopic (exact) mass is 307 g/mol. The summed E-state index contributed by atoms with van der Waals surface area (Å²) in [6.07, 6.45) is -0.270. The number of carbonyl (C=O) groups excluding carboxylic acids is 2. The first-order valence-electron chi connectivity index (χ1n) is 5.98. The zero-order valence-electron chi connectivity index (χ0n) is 10.7. The Morgan fingerprint density at radius 3 is 2.25 bits per heavy atom. The lowest BCUT2D eigenvalue weighted by Gasteiger charge is -2.28. The average molecular weight is 307 g/mol. The van der Waals surface area contributed by atoms with Gasteiger partial charge in [0.2, 0.25) is 5.91 Å². The van der Waals surface area contributed by atoms with E-state index in [2.05, 4.69) is 5.32 Å². The molecule has 0 spiro atoms. The predicted molar refractivity (Wildman–Crippen MR) is 68.6 cm³/mol. The van der Waals surface area contributed by atoms with E-state index in [1.54, 1.807) is 0 Å². The van der Waals surface area contributed by atoms with Gasteiger partial charge in [-0.2, -0.15) is 0 Å². The summed E-state index contributed by atoms with van der Waals surface area (Å²) >= 11 is 0. The maximum absolute atomic E-state index is 11.8. The van der Waals surface area contributed by atoms with Gasteiger partial charge < -0.3 is 21.1 Å². The van der Waals surface area contributed by atoms with Crippen LogP contribution in [0.2, 0.25) is 0 Å². The van der Waals surface area contributed by atoms with Crippen LogP contribution < -0.4 is 11.1 Å². The van der Waals surface area contributed by atoms with Gasteiger partial charge in [0.25, 0.3) is 0 Å². The van der Waals surface area contributed by atoms with Gasteiger partial charge in [0, 0.05) is 19.5 Å². The van der Waals surface area contributed by atoms with Crippen LogP contribution in [0.5, 0.6) is 0 Å². The van der Waals surface area contributed by atoms with Crippen molar-refractivity contribution in [3.05, 3.63) is 0 Å². The third kappa shape index (κ3) is 5.03. The highest BCUT2D eigenvalue weighted by molar-refractivity contribution is 7.91. The third-order valence-corrected chi connectivity index (χ3v) is 4.52. The van der Waals surface area contributed by atoms with Crippen molar-refractivity contribution in [3.8, 4) is 0 Å². The Morgan fingerprint density at radius 1 is 1.25 bits per heavy atom. The summed E-state index contributed by atoms with van der Waals surface area (Å²) in [5.74, 6) is -2.21. The first-order chi connectivity index (χ1) is 9.21. The number of sulfone groups is 1. The summed E-state index contributed by atoms with van der Waals surface area (Å²) in [6.45, 7) is 0.0483. The van der Waals surface area contributed by atoms with Crippen LogP contribution >= 0.6 is 0 Å². The molecular weight excluding hydrogens is 290 g/mol. The Hall–Kier alpha value is -1.84. The topological polar surface area (TPSA) is 147 Å². The Labute approximate surface area is 116 Å². The lowest BCUT2D eigenvalue weighted by atomic mass is 10.1. The zero-order valence-corrected chi connectivity index (χ0v) is 11.6. The number of nitrogens with two attached hydrogens (primary N) is 1. The van der Waals surface area contributed by atoms with Crippen LogP contribution in [-0.2, 0) is 19.4 Å². The molecule has 0 saturated carbocycles. The number of hydrogen-bond donors (Lipinski definition) is 3. The molecule has 0 radical (unpaired) electrons. The van der Waals surface area contributed by atoms with Crippen molar-refractivity contribution in [2.24, 2.45) is 5.73 Å². The van der Waals surface area contributed by atoms with Gasteiger partial charge >= 0.3 is 12.0 Å². The molecule has 3 amide bonds. The molecule has 1 rings (SSSR count). The molecule has 0 unspecified atom stereocenters. The number of carboxylic acids is 1. The van der Waals surface area contributed by atoms with Crippen LogP contribution in [0.4, 0.5) is 4.79 Å². The molecule has 1 saturated heterocycles. The van der Waals surface area contributed by atoms with E-state index in [-0.39, 0.29) is 37.4 Å². The molecule has 0 bridgehead atoms. The number of nitrogens with zero attached hydrogens (tertiary/aromatic N) is 1. The van der Waals surface area contributed by atoms with Gasteiger partial charge in [-0.15, -0.1) is 0 Å². The molecule has 0 aromatic heterocycles. The van der Waals surface area contributed by atoms with Crippen LogP contribution in [0.15, 0.2) is 0 Å². The minimum atomic E-state index is -3.11. The lowest BCUT2D eigenvalue weighted by molar-refractivity contribution is -0.139. The van der Waals surface area contributed by atoms with Gasteiger partial charge in [0.1, 0.15) is 6.04 Å². The number of carboxylic acid groups (broad SMARTS) is 1. The summed E-state index contributed by atoms with van der Waals surface area (Å²) in [4.78, 5) is 34.6. The summed E-state index contributed by atoms with van der Waals surface area (Å²) < 4.78 is 22.4. The highest BCUT2D eigenvalue weighted by Gasteiger charge is 2.28. The Kier molecular flexibility index (Phi) is 5.31. The van der Waals surface area contributed by atoms with E-state index in [4.69, 9.17) is 10.8 Å². The summed E-state index contributed by atoms with van der Waals surface area (Å²) in [7, 11) is -3.11. The second kappa shape index (κ2) is 6.55. The SMILES string of the molecule is NC(=O)CC[C@@H](NC(=O)N1CCS(=O)(=O)CC1)C(=O)O. The second-order valence-corrected chi connectivity index (χ2v) is 6.79. The molecule has 0 aliphatic carbocycles. The van der Waals surface area contributed by atoms with E-state index in [0.717, 1.165) is 0 Å². The van der Waals surface area contributed by atoms with Gasteiger partial charge in [0.05, 0.1) is 11.5 Å². The van der Waals surface area contributed by atoms with E-state index in [1.807, 2.05) is 0 Å². The Bertz CT molecular complexity index is 489. The number of rotatable bonds is 5. The number of amides is 3. The van der Waals surface area contributed by atoms with Crippen LogP contribution in [0, 0.1) is 0 Å². The number of urea groups is 1. The maximum atomic E-state index is 11.8. The number of nitrogens with one attached hydrogen (secondary N) is 1. The molecule has 9 nitrogen and oxygen atoms in total. The van der Waals surface area contributed by atoms with Gasteiger partial charge in [-0.05, 0) is 6.42 Å². The molecule has 114 valence electrons. The molecule has 0 aromatic rings. The van der Waals surface area contributed by atoms with Crippen LogP contribution in [0.1, 0.15) is 12.8 Å². The van der Waals surface area contributed by atoms with Gasteiger partial charge in [-0.3, -0.25) is 4.79 Å². The highest BCUT2D eigenvalue weighted by Crippen LogP contribution is 2.05. The predicted octanol–water partition coefficient (Wildman–Crippen LogP) is -1.85. The first-order valence-corrected chi connectivity index (χ1v) is 7.80. The van der Waals surface area contributed by atoms with Crippen molar-refractivity contribution in [2.75, 3.05) is 24.6 Å². The van der Waals surface area contributed by atoms with Crippen LogP contribution in [-0.4, -0.2) is 67.0 Å². The van der Waals surface area contributed by atoms with Crippen LogP contribution in [0.3, 0.4) is 0 Å². The minimum absolute atomic E-state index is 0.0241. The molecule has 1 fully saturated rings. The molecule has 4 N–H and O–H groups in total. The van der Waals surface area contributed by atoms with E-state index in [1.165, 1.54) is 4.90 Å². The molecule has 1 heterocycles. The van der Waals surface area contributed by atoms with Gasteiger partial charge in [0.15, 0.2) is 9.84 Å². The summed E-state index contributed by atoms with van der Waals surface area (Å²) in [5.41, 5.74) is 4.92. The quantitative estimate of drug-likeness (QED) is 0.543. The normalized spacial score (nSPS) is 19.1. The molecule has 1 aliphatic heterocycles. The van der Waals surface area contributed by atoms with Crippen molar-refractivity contribution in [1.29, 1.82) is 0 Å². The molecule has 10 heteroatoms. The van der Waals surface area contributed by atoms with Crippen molar-refractivity contribution < 1.29 is 27.9 Å². The largest absolute Gasteiger partial charge is 0.480 e. The van der Waals surface area contributed by atoms with Crippen molar-refractivity contribution in [2.45, 2.75) is 18.9 Å². The highest BCUT2D eigenvalue weighted by atomic mass is 32.2. The van der Waals surface area contributed by atoms with Crippen LogP contribution in [0.25, 0.3) is 0 Å². The Morgan fingerprint density at radius 2 is 1.80 bits per heavy atom. The van der Waals surface area contributed by atoms with Crippen molar-refractivity contribution in [1.82, 2.24) is 10.2 Å². The molecule has 0 aromatic carbocycles. The minimum Gasteiger partial charge on any atom is -0.480 e. The second-order valence-electron chi connectivity index (χ2n) is 4.48. The number of aliphatic carboxylic acids is 1. The summed E-state index contributed by atoms with van der Waals surface area (Å²) in [5, 5.41) is 11.2. The summed E-state index contributed by atoms with van der Waals surface area (Å²) in [6, 6.07) is -1.88. The van der Waals surface area contributed by atoms with E-state index in [0.29, 0.717) is 0 Å². The molecular formula is C10H17N3O6S. The fourth-order valence-electron chi connectivity index (χ4n) is 1.70. The number of primary amides is 1. The fourth-order valence-corrected chi connectivity index (χ4v) is 2.90. The molecule has 20 heavy (non-hydrogen) atoms. The number of hydrogen-bond acceptors (Lipinski definition) is 5. The lowest BCUT2D eigenvalue weighted by Crippen LogP contribution is -2.52. The molecule has 1 atom stereocenters. The zero-order chi connectivity index (χ0) is 15.3. The van der Waals surface area contributed by atoms with Crippen molar-refractivity contribution in [3.63, 3.8) is 0 Å². The van der Waals surface area contributed by atoms with E-state index >= 15 is 0 Å². The third-order valence-electron chi connectivity index (χ3n) is 2.91. The van der Waals surface area contributed by atoms with Gasteiger partial charge in [-0.1, -0.05) is 0 Å². The van der Waals surface area contributed by atoms with Gasteiger partial charge in [-0.25, -0.2) is 18.0 Å². The standard InChI is InChI=1S/C10H17N3O6S/c11-8(14)2-1-7(9(15)16)12-10(17)13-3-5-20(18,19)6-4-13/h7H,1-6H2,(H2,11,14)(H,12,17)(H,15,16)/t7-/m1/s1. The average Bonchev–Trinajstić information content (AvgIpc) is 2.33. The smallest absolute Gasteiger partial charge is 0.326 e. The maximum Gasteiger partial charge on any atom is 0.326 e. The number of carbonyl (C=O) groups is 3. The molecule has 1 aliphatic rings. The first kappa shape index (κ1) is 16.2. The Balaban J connectivity index is 2.54. The van der Waals surface area contributed by atoms with E-state index < -0.39 is 33.8 Å². The van der Waals surface area contributed by atoms with E-state index in [9.17, 15) is 22.8 Å². The fraction of sp³-hybridized carbons (Fsp3) is 0.700. The van der Waals surface area contributed by atoms with Crippen molar-refractivity contribution >= 4 is 27.7 Å².